The van der Waals surface area contributed by atoms with Crippen molar-refractivity contribution in [1.82, 2.24) is 5.32 Å². The topological polar surface area (TPSA) is 58.6 Å². The van der Waals surface area contributed by atoms with Crippen LogP contribution < -0.4 is 15.0 Å². The average molecular weight is 313 g/mol. The molecule has 0 fully saturated rings. The molecule has 0 aromatic heterocycles. The van der Waals surface area contributed by atoms with Crippen LogP contribution in [0.4, 0.5) is 5.69 Å². The van der Waals surface area contributed by atoms with Gasteiger partial charge in [0.15, 0.2) is 0 Å². The number of rotatable bonds is 6. The molecule has 0 heterocycles. The van der Waals surface area contributed by atoms with E-state index in [1.165, 1.54) is 18.9 Å². The van der Waals surface area contributed by atoms with E-state index in [0.29, 0.717) is 23.0 Å². The van der Waals surface area contributed by atoms with Crippen LogP contribution in [0, 0.1) is 6.92 Å². The molecular weight excluding hydrogens is 292 g/mol. The molecule has 0 bridgehead atoms. The van der Waals surface area contributed by atoms with E-state index >= 15 is 0 Å². The Morgan fingerprint density at radius 1 is 1.38 bits per heavy atom. The molecule has 0 radical (unpaired) electrons. The number of carbonyl (C=O) groups is 2. The van der Waals surface area contributed by atoms with Gasteiger partial charge in [-0.3, -0.25) is 14.5 Å². The molecule has 0 saturated heterocycles. The first-order valence-corrected chi connectivity index (χ1v) is 7.17. The number of halogens is 1. The maximum absolute atomic E-state index is 11.9. The molecule has 0 aliphatic rings. The van der Waals surface area contributed by atoms with Crippen LogP contribution in [0.15, 0.2) is 12.1 Å². The Hall–Kier alpha value is -1.75. The second-order valence-electron chi connectivity index (χ2n) is 4.73. The second-order valence-corrected chi connectivity index (χ2v) is 5.14. The fourth-order valence-electron chi connectivity index (χ4n) is 1.85. The zero-order valence-corrected chi connectivity index (χ0v) is 13.6. The largest absolute Gasteiger partial charge is 0.495 e. The lowest BCUT2D eigenvalue weighted by Gasteiger charge is -2.23. The molecule has 5 nitrogen and oxygen atoms in total. The first-order chi connectivity index (χ1) is 9.90. The summed E-state index contributed by atoms with van der Waals surface area (Å²) >= 11 is 6.06. The molecule has 116 valence electrons. The molecule has 1 aromatic rings. The molecule has 1 N–H and O–H groups in total. The highest BCUT2D eigenvalue weighted by Crippen LogP contribution is 2.33. The minimum atomic E-state index is -0.235. The van der Waals surface area contributed by atoms with Crippen LogP contribution in [0.3, 0.4) is 0 Å². The van der Waals surface area contributed by atoms with Gasteiger partial charge in [0.2, 0.25) is 11.8 Å². The number of benzene rings is 1. The van der Waals surface area contributed by atoms with E-state index in [4.69, 9.17) is 16.3 Å². The Morgan fingerprint density at radius 3 is 2.57 bits per heavy atom. The molecule has 0 saturated carbocycles. The standard InChI is InChI=1S/C15H21ClN2O3/c1-5-6-17-15(20)9-18(11(3)19)13-7-10(2)12(16)8-14(13)21-4/h7-8H,5-6,9H2,1-4H3,(H,17,20). The van der Waals surface area contributed by atoms with E-state index in [1.807, 2.05) is 13.8 Å². The summed E-state index contributed by atoms with van der Waals surface area (Å²) in [7, 11) is 1.50. The molecule has 1 rings (SSSR count). The minimum absolute atomic E-state index is 0.0488. The second kappa shape index (κ2) is 7.88. The predicted molar refractivity (Wildman–Crippen MR) is 84.1 cm³/mol. The van der Waals surface area contributed by atoms with Crippen molar-refractivity contribution < 1.29 is 14.3 Å². The molecule has 0 atom stereocenters. The zero-order valence-electron chi connectivity index (χ0n) is 12.8. The Bertz CT molecular complexity index is 532. The number of methoxy groups -OCH3 is 1. The number of amides is 2. The van der Waals surface area contributed by atoms with Gasteiger partial charge in [0.1, 0.15) is 12.3 Å². The maximum atomic E-state index is 11.9. The normalized spacial score (nSPS) is 10.1. The summed E-state index contributed by atoms with van der Waals surface area (Å²) in [4.78, 5) is 25.1. The van der Waals surface area contributed by atoms with Crippen molar-refractivity contribution in [3.8, 4) is 5.75 Å². The Morgan fingerprint density at radius 2 is 2.05 bits per heavy atom. The highest BCUT2D eigenvalue weighted by Gasteiger charge is 2.20. The fraction of sp³-hybridized carbons (Fsp3) is 0.467. The number of hydrogen-bond acceptors (Lipinski definition) is 3. The van der Waals surface area contributed by atoms with Crippen LogP contribution in [0.5, 0.6) is 5.75 Å². The predicted octanol–water partition coefficient (Wildman–Crippen LogP) is 2.54. The average Bonchev–Trinajstić information content (AvgIpc) is 2.44. The molecular formula is C15H21ClN2O3. The lowest BCUT2D eigenvalue weighted by Crippen LogP contribution is -2.40. The first kappa shape index (κ1) is 17.3. The number of nitrogens with zero attached hydrogens (tertiary/aromatic N) is 1. The van der Waals surface area contributed by atoms with Crippen molar-refractivity contribution in [3.05, 3.63) is 22.7 Å². The van der Waals surface area contributed by atoms with Gasteiger partial charge in [-0.1, -0.05) is 18.5 Å². The van der Waals surface area contributed by atoms with E-state index in [0.717, 1.165) is 12.0 Å². The summed E-state index contributed by atoms with van der Waals surface area (Å²) in [5.41, 5.74) is 1.35. The third-order valence-corrected chi connectivity index (χ3v) is 3.41. The van der Waals surface area contributed by atoms with Gasteiger partial charge in [-0.25, -0.2) is 0 Å². The van der Waals surface area contributed by atoms with Gasteiger partial charge < -0.3 is 10.1 Å². The van der Waals surface area contributed by atoms with Crippen molar-refractivity contribution in [2.75, 3.05) is 25.1 Å². The number of carbonyl (C=O) groups excluding carboxylic acids is 2. The van der Waals surface area contributed by atoms with Crippen LogP contribution in [-0.4, -0.2) is 32.0 Å². The lowest BCUT2D eigenvalue weighted by molar-refractivity contribution is -0.123. The highest BCUT2D eigenvalue weighted by molar-refractivity contribution is 6.31. The van der Waals surface area contributed by atoms with E-state index in [1.54, 1.807) is 12.1 Å². The van der Waals surface area contributed by atoms with Crippen LogP contribution in [0.2, 0.25) is 5.02 Å². The Balaban J connectivity index is 3.08. The van der Waals surface area contributed by atoms with Crippen molar-refractivity contribution in [1.29, 1.82) is 0 Å². The Labute approximate surface area is 130 Å². The molecule has 1 aromatic carbocycles. The van der Waals surface area contributed by atoms with Gasteiger partial charge in [0.05, 0.1) is 12.8 Å². The first-order valence-electron chi connectivity index (χ1n) is 6.79. The molecule has 0 spiro atoms. The van der Waals surface area contributed by atoms with Crippen molar-refractivity contribution in [2.24, 2.45) is 0 Å². The molecule has 0 aliphatic carbocycles. The molecule has 6 heteroatoms. The number of aryl methyl sites for hydroxylation is 1. The van der Waals surface area contributed by atoms with Gasteiger partial charge in [-0.2, -0.15) is 0 Å². The highest BCUT2D eigenvalue weighted by atomic mass is 35.5. The summed E-state index contributed by atoms with van der Waals surface area (Å²) in [6.45, 7) is 5.75. The van der Waals surface area contributed by atoms with E-state index in [9.17, 15) is 9.59 Å². The molecule has 2 amide bonds. The smallest absolute Gasteiger partial charge is 0.240 e. The summed E-state index contributed by atoms with van der Waals surface area (Å²) in [5.74, 6) is 0.0208. The van der Waals surface area contributed by atoms with Crippen LogP contribution in [-0.2, 0) is 9.59 Å². The van der Waals surface area contributed by atoms with Gasteiger partial charge in [-0.15, -0.1) is 0 Å². The van der Waals surface area contributed by atoms with Crippen molar-refractivity contribution in [2.45, 2.75) is 27.2 Å². The summed E-state index contributed by atoms with van der Waals surface area (Å²) in [5, 5.41) is 3.30. The van der Waals surface area contributed by atoms with Crippen LogP contribution >= 0.6 is 11.6 Å². The third-order valence-electron chi connectivity index (χ3n) is 3.00. The third kappa shape index (κ3) is 4.63. The van der Waals surface area contributed by atoms with Gasteiger partial charge >= 0.3 is 0 Å². The van der Waals surface area contributed by atoms with Gasteiger partial charge in [-0.05, 0) is 25.0 Å². The van der Waals surface area contributed by atoms with Crippen molar-refractivity contribution in [3.63, 3.8) is 0 Å². The van der Waals surface area contributed by atoms with Gasteiger partial charge in [0, 0.05) is 24.6 Å². The number of anilines is 1. The van der Waals surface area contributed by atoms with E-state index in [-0.39, 0.29) is 18.4 Å². The van der Waals surface area contributed by atoms with Crippen molar-refractivity contribution >= 4 is 29.1 Å². The van der Waals surface area contributed by atoms with Crippen LogP contribution in [0.1, 0.15) is 25.8 Å². The van der Waals surface area contributed by atoms with E-state index in [2.05, 4.69) is 5.32 Å². The van der Waals surface area contributed by atoms with Gasteiger partial charge in [0.25, 0.3) is 0 Å². The number of hydrogen-bond donors (Lipinski definition) is 1. The summed E-state index contributed by atoms with van der Waals surface area (Å²) < 4.78 is 5.26. The minimum Gasteiger partial charge on any atom is -0.495 e. The SMILES string of the molecule is CCCNC(=O)CN(C(C)=O)c1cc(C)c(Cl)cc1OC. The zero-order chi connectivity index (χ0) is 16.0. The quantitative estimate of drug-likeness (QED) is 0.878. The maximum Gasteiger partial charge on any atom is 0.240 e. The number of nitrogens with one attached hydrogen (secondary N) is 1. The van der Waals surface area contributed by atoms with E-state index < -0.39 is 0 Å². The fourth-order valence-corrected chi connectivity index (χ4v) is 2.01. The Kier molecular flexibility index (Phi) is 6.49. The molecule has 21 heavy (non-hydrogen) atoms. The summed E-state index contributed by atoms with van der Waals surface area (Å²) in [6, 6.07) is 3.39. The number of ether oxygens (including phenoxy) is 1. The molecule has 0 aliphatic heterocycles. The summed E-state index contributed by atoms with van der Waals surface area (Å²) in [6.07, 6.45) is 0.842. The monoisotopic (exact) mass is 312 g/mol. The lowest BCUT2D eigenvalue weighted by atomic mass is 10.2. The molecule has 0 unspecified atom stereocenters. The van der Waals surface area contributed by atoms with Crippen LogP contribution in [0.25, 0.3) is 0 Å².